The second kappa shape index (κ2) is 3.27. The molecule has 0 aromatic rings. The Balaban J connectivity index is 2.04. The Kier molecular flexibility index (Phi) is 2.26. The lowest BCUT2D eigenvalue weighted by Gasteiger charge is -2.17. The maximum Gasteiger partial charge on any atom is 0.310 e. The fourth-order valence-corrected chi connectivity index (χ4v) is 2.51. The minimum atomic E-state index is -0.252. The predicted molar refractivity (Wildman–Crippen MR) is 46.1 cm³/mol. The normalized spacial score (nSPS) is 39.1. The highest BCUT2D eigenvalue weighted by atomic mass is 16.5. The number of ether oxygens (including phenoxy) is 1. The van der Waals surface area contributed by atoms with Gasteiger partial charge >= 0.3 is 5.97 Å². The van der Waals surface area contributed by atoms with Crippen LogP contribution < -0.4 is 0 Å². The molecule has 1 N–H and O–H groups in total. The molecule has 2 heterocycles. The summed E-state index contributed by atoms with van der Waals surface area (Å²) in [4.78, 5) is 13.5. The number of esters is 1. The number of aliphatic hydroxyl groups excluding tert-OH is 1. The maximum absolute atomic E-state index is 11.3. The van der Waals surface area contributed by atoms with Gasteiger partial charge in [-0.15, -0.1) is 0 Å². The minimum Gasteiger partial charge on any atom is -0.469 e. The Morgan fingerprint density at radius 3 is 3.08 bits per heavy atom. The smallest absolute Gasteiger partial charge is 0.310 e. The molecule has 74 valence electrons. The van der Waals surface area contributed by atoms with E-state index in [-0.39, 0.29) is 24.0 Å². The molecular weight excluding hydrogens is 170 g/mol. The van der Waals surface area contributed by atoms with E-state index in [0.717, 1.165) is 25.9 Å². The topological polar surface area (TPSA) is 49.8 Å². The number of fused-ring (bicyclic) bond motifs is 1. The lowest BCUT2D eigenvalue weighted by Crippen LogP contribution is -2.30. The quantitative estimate of drug-likeness (QED) is 0.565. The van der Waals surface area contributed by atoms with E-state index in [2.05, 4.69) is 4.90 Å². The predicted octanol–water partition coefficient (Wildman–Crippen LogP) is -0.386. The molecule has 13 heavy (non-hydrogen) atoms. The van der Waals surface area contributed by atoms with Gasteiger partial charge in [0, 0.05) is 12.6 Å². The van der Waals surface area contributed by atoms with E-state index in [0.29, 0.717) is 0 Å². The van der Waals surface area contributed by atoms with Gasteiger partial charge in [0.25, 0.3) is 0 Å². The van der Waals surface area contributed by atoms with Crippen molar-refractivity contribution in [1.82, 2.24) is 4.90 Å². The Labute approximate surface area is 77.5 Å². The van der Waals surface area contributed by atoms with Crippen LogP contribution in [0.5, 0.6) is 0 Å². The molecule has 2 aliphatic heterocycles. The van der Waals surface area contributed by atoms with Gasteiger partial charge in [0.15, 0.2) is 0 Å². The Hall–Kier alpha value is -0.610. The van der Waals surface area contributed by atoms with Gasteiger partial charge in [-0.05, 0) is 19.4 Å². The van der Waals surface area contributed by atoms with Crippen LogP contribution >= 0.6 is 0 Å². The molecule has 0 bridgehead atoms. The zero-order valence-corrected chi connectivity index (χ0v) is 7.77. The number of hydrogen-bond donors (Lipinski definition) is 1. The van der Waals surface area contributed by atoms with Crippen molar-refractivity contribution in [3.05, 3.63) is 0 Å². The van der Waals surface area contributed by atoms with Crippen LogP contribution in [0.4, 0.5) is 0 Å². The number of carbonyl (C=O) groups is 1. The summed E-state index contributed by atoms with van der Waals surface area (Å²) >= 11 is 0. The van der Waals surface area contributed by atoms with E-state index in [1.54, 1.807) is 0 Å². The lowest BCUT2D eigenvalue weighted by molar-refractivity contribution is -0.146. The fraction of sp³-hybridized carbons (Fsp3) is 0.889. The molecule has 2 saturated heterocycles. The van der Waals surface area contributed by atoms with Crippen molar-refractivity contribution in [3.8, 4) is 0 Å². The molecule has 3 unspecified atom stereocenters. The molecule has 0 aliphatic carbocycles. The monoisotopic (exact) mass is 185 g/mol. The van der Waals surface area contributed by atoms with Crippen LogP contribution in [0.15, 0.2) is 0 Å². The van der Waals surface area contributed by atoms with Crippen LogP contribution in [0.25, 0.3) is 0 Å². The van der Waals surface area contributed by atoms with Crippen molar-refractivity contribution < 1.29 is 14.6 Å². The Morgan fingerprint density at radius 1 is 1.62 bits per heavy atom. The van der Waals surface area contributed by atoms with Crippen LogP contribution in [0.1, 0.15) is 12.8 Å². The van der Waals surface area contributed by atoms with Crippen molar-refractivity contribution in [2.75, 3.05) is 20.2 Å². The molecule has 2 aliphatic rings. The van der Waals surface area contributed by atoms with Gasteiger partial charge in [0.2, 0.25) is 0 Å². The molecule has 2 fully saturated rings. The summed E-state index contributed by atoms with van der Waals surface area (Å²) in [6.07, 6.45) is 1.35. The summed E-state index contributed by atoms with van der Waals surface area (Å²) in [5, 5.41) is 9.41. The Morgan fingerprint density at radius 2 is 2.38 bits per heavy atom. The maximum atomic E-state index is 11.3. The van der Waals surface area contributed by atoms with Crippen LogP contribution in [-0.4, -0.2) is 48.3 Å². The molecule has 0 amide bonds. The third-order valence-electron chi connectivity index (χ3n) is 3.12. The van der Waals surface area contributed by atoms with Crippen molar-refractivity contribution in [2.24, 2.45) is 5.92 Å². The second-order valence-corrected chi connectivity index (χ2v) is 3.87. The molecule has 0 saturated carbocycles. The largest absolute Gasteiger partial charge is 0.469 e. The summed E-state index contributed by atoms with van der Waals surface area (Å²) < 4.78 is 4.73. The van der Waals surface area contributed by atoms with E-state index in [1.165, 1.54) is 7.11 Å². The van der Waals surface area contributed by atoms with Gasteiger partial charge in [0.1, 0.15) is 0 Å². The van der Waals surface area contributed by atoms with Crippen LogP contribution in [0, 0.1) is 5.92 Å². The van der Waals surface area contributed by atoms with Crippen molar-refractivity contribution in [1.29, 1.82) is 0 Å². The highest BCUT2D eigenvalue weighted by Crippen LogP contribution is 2.33. The van der Waals surface area contributed by atoms with Gasteiger partial charge in [0.05, 0.1) is 19.1 Å². The molecule has 4 heteroatoms. The van der Waals surface area contributed by atoms with Gasteiger partial charge < -0.3 is 9.84 Å². The van der Waals surface area contributed by atoms with Crippen LogP contribution in [-0.2, 0) is 9.53 Å². The second-order valence-electron chi connectivity index (χ2n) is 3.87. The summed E-state index contributed by atoms with van der Waals surface area (Å²) in [5.41, 5.74) is 0. The van der Waals surface area contributed by atoms with E-state index in [1.807, 2.05) is 0 Å². The molecule has 2 rings (SSSR count). The first-order chi connectivity index (χ1) is 6.22. The molecule has 0 spiro atoms. The molecule has 3 atom stereocenters. The van der Waals surface area contributed by atoms with Crippen molar-refractivity contribution in [2.45, 2.75) is 25.0 Å². The minimum absolute atomic E-state index is 0.0119. The zero-order chi connectivity index (χ0) is 9.42. The highest BCUT2D eigenvalue weighted by Gasteiger charge is 2.44. The van der Waals surface area contributed by atoms with E-state index in [9.17, 15) is 9.90 Å². The van der Waals surface area contributed by atoms with E-state index in [4.69, 9.17) is 4.74 Å². The first-order valence-corrected chi connectivity index (χ1v) is 4.72. The first-order valence-electron chi connectivity index (χ1n) is 4.72. The summed E-state index contributed by atoms with van der Waals surface area (Å²) in [6.45, 7) is 1.64. The van der Waals surface area contributed by atoms with Crippen molar-refractivity contribution in [3.63, 3.8) is 0 Å². The summed E-state index contributed by atoms with van der Waals surface area (Å²) in [7, 11) is 1.43. The number of methoxy groups -OCH3 is 1. The number of hydrogen-bond acceptors (Lipinski definition) is 4. The lowest BCUT2D eigenvalue weighted by atomic mass is 9.98. The average Bonchev–Trinajstić information content (AvgIpc) is 2.61. The Bertz CT molecular complexity index is 219. The third kappa shape index (κ3) is 1.44. The molecule has 0 radical (unpaired) electrons. The standard InChI is InChI=1S/C9H15NO3/c1-13-9(12)7-2-3-10-5-6(11)4-8(7)10/h6-8,11H,2-5H2,1H3. The molecule has 4 nitrogen and oxygen atoms in total. The average molecular weight is 185 g/mol. The number of nitrogens with zero attached hydrogens (tertiary/aromatic N) is 1. The highest BCUT2D eigenvalue weighted by molar-refractivity contribution is 5.73. The van der Waals surface area contributed by atoms with Crippen LogP contribution in [0.2, 0.25) is 0 Å². The summed E-state index contributed by atoms with van der Waals surface area (Å²) in [6, 6.07) is 0.224. The van der Waals surface area contributed by atoms with Crippen molar-refractivity contribution >= 4 is 5.97 Å². The zero-order valence-electron chi connectivity index (χ0n) is 7.77. The number of carbonyl (C=O) groups excluding carboxylic acids is 1. The fourth-order valence-electron chi connectivity index (χ4n) is 2.51. The van der Waals surface area contributed by atoms with Gasteiger partial charge in [-0.2, -0.15) is 0 Å². The van der Waals surface area contributed by atoms with E-state index < -0.39 is 0 Å². The van der Waals surface area contributed by atoms with Crippen LogP contribution in [0.3, 0.4) is 0 Å². The number of aliphatic hydroxyl groups is 1. The van der Waals surface area contributed by atoms with Gasteiger partial charge in [-0.25, -0.2) is 0 Å². The molecule has 0 aromatic carbocycles. The first kappa shape index (κ1) is 8.97. The van der Waals surface area contributed by atoms with E-state index >= 15 is 0 Å². The molecular formula is C9H15NO3. The van der Waals surface area contributed by atoms with Gasteiger partial charge in [-0.3, -0.25) is 9.69 Å². The van der Waals surface area contributed by atoms with Gasteiger partial charge in [-0.1, -0.05) is 0 Å². The SMILES string of the molecule is COC(=O)C1CCN2CC(O)CC12. The third-order valence-corrected chi connectivity index (χ3v) is 3.12. The number of rotatable bonds is 1. The molecule has 0 aromatic heterocycles. The summed E-state index contributed by atoms with van der Waals surface area (Å²) in [5.74, 6) is -0.135.